The van der Waals surface area contributed by atoms with E-state index in [-0.39, 0.29) is 0 Å². The molecule has 50 valence electrons. The van der Waals surface area contributed by atoms with Gasteiger partial charge in [-0.15, -0.1) is 0 Å². The van der Waals surface area contributed by atoms with E-state index in [0.717, 1.165) is 17.8 Å². The molecule has 0 heterocycles. The first kappa shape index (κ1) is 5.76. The lowest BCUT2D eigenvalue weighted by Gasteiger charge is -2.44. The first-order valence-corrected chi connectivity index (χ1v) is 3.88. The van der Waals surface area contributed by atoms with Crippen LogP contribution in [0.15, 0.2) is 0 Å². The monoisotopic (exact) mass is 122 g/mol. The van der Waals surface area contributed by atoms with E-state index in [9.17, 15) is 0 Å². The predicted octanol–water partition coefficient (Wildman–Crippen LogP) is 2.38. The van der Waals surface area contributed by atoms with Gasteiger partial charge in [-0.3, -0.25) is 0 Å². The predicted molar refractivity (Wildman–Crippen MR) is 37.8 cm³/mol. The molecule has 0 aromatic heterocycles. The van der Waals surface area contributed by atoms with E-state index >= 15 is 0 Å². The van der Waals surface area contributed by atoms with Crippen LogP contribution in [0.2, 0.25) is 0 Å². The van der Waals surface area contributed by atoms with Crippen LogP contribution in [-0.4, -0.2) is 0 Å². The molecule has 3 rings (SSSR count). The average Bonchev–Trinajstić information content (AvgIpc) is 2.20. The topological polar surface area (TPSA) is 0 Å². The van der Waals surface area contributed by atoms with Gasteiger partial charge < -0.3 is 0 Å². The van der Waals surface area contributed by atoms with E-state index in [2.05, 4.69) is 27.2 Å². The van der Waals surface area contributed by atoms with Crippen molar-refractivity contribution < 1.29 is 0 Å². The molecule has 3 atom stereocenters. The lowest BCUT2D eigenvalue weighted by atomic mass is 9.60. The van der Waals surface area contributed by atoms with Gasteiger partial charge in [-0.2, -0.15) is 0 Å². The van der Waals surface area contributed by atoms with E-state index in [1.165, 1.54) is 6.42 Å². The molecule has 0 heteroatoms. The van der Waals surface area contributed by atoms with Gasteiger partial charge in [0.05, 0.1) is 0 Å². The van der Waals surface area contributed by atoms with Gasteiger partial charge in [0.25, 0.3) is 0 Å². The minimum Gasteiger partial charge on any atom is -0.0622 e. The Balaban J connectivity index is 2.22. The number of fused-ring (bicyclic) bond motifs is 1. The van der Waals surface area contributed by atoms with Crippen molar-refractivity contribution >= 4 is 0 Å². The van der Waals surface area contributed by atoms with Crippen LogP contribution in [0.3, 0.4) is 0 Å². The van der Waals surface area contributed by atoms with Crippen molar-refractivity contribution in [2.24, 2.45) is 23.2 Å². The molecule has 0 aromatic rings. The first-order valence-electron chi connectivity index (χ1n) is 3.88. The van der Waals surface area contributed by atoms with Gasteiger partial charge in [0.1, 0.15) is 0 Å². The summed E-state index contributed by atoms with van der Waals surface area (Å²) in [5.41, 5.74) is 0.611. The van der Waals surface area contributed by atoms with Crippen molar-refractivity contribution in [3.63, 3.8) is 0 Å². The Labute approximate surface area is 57.6 Å². The second kappa shape index (κ2) is 1.36. The maximum absolute atomic E-state index is 3.56. The highest BCUT2D eigenvalue weighted by molar-refractivity contribution is 5.16. The fraction of sp³-hybridized carbons (Fsp3) is 0.889. The molecule has 3 fully saturated rings. The number of rotatable bonds is 0. The molecule has 2 bridgehead atoms. The summed E-state index contributed by atoms with van der Waals surface area (Å²) in [6, 6.07) is 0. The van der Waals surface area contributed by atoms with E-state index in [4.69, 9.17) is 0 Å². The molecule has 0 aliphatic heterocycles. The zero-order valence-electron chi connectivity index (χ0n) is 6.44. The summed E-state index contributed by atoms with van der Waals surface area (Å²) in [6.07, 6.45) is 4.96. The van der Waals surface area contributed by atoms with Crippen molar-refractivity contribution in [3.8, 4) is 0 Å². The third kappa shape index (κ3) is 0.500. The van der Waals surface area contributed by atoms with Crippen molar-refractivity contribution in [3.05, 3.63) is 6.42 Å². The minimum absolute atomic E-state index is 0.611. The normalized spacial score (nSPS) is 53.0. The maximum atomic E-state index is 3.56. The van der Waals surface area contributed by atoms with Gasteiger partial charge in [-0.05, 0) is 36.0 Å². The fourth-order valence-electron chi connectivity index (χ4n) is 2.54. The van der Waals surface area contributed by atoms with Gasteiger partial charge in [-0.1, -0.05) is 20.8 Å². The average molecular weight is 122 g/mol. The molecule has 2 radical (unpaired) electrons. The second-order valence-electron chi connectivity index (χ2n) is 4.23. The maximum Gasteiger partial charge on any atom is -0.00918 e. The molecular formula is C9H14. The Morgan fingerprint density at radius 1 is 1.44 bits per heavy atom. The molecule has 0 amide bonds. The van der Waals surface area contributed by atoms with Crippen molar-refractivity contribution in [2.75, 3.05) is 0 Å². The lowest BCUT2D eigenvalue weighted by molar-refractivity contribution is 0.117. The lowest BCUT2D eigenvalue weighted by Crippen LogP contribution is -2.38. The van der Waals surface area contributed by atoms with Gasteiger partial charge in [0.2, 0.25) is 0 Å². The molecule has 9 heavy (non-hydrogen) atoms. The standard InChI is InChI=1S/C9H14/c1-6-4-7-5-8(6)9(7,2)3/h6-8H,4H2,1-3H3. The molecule has 0 N–H and O–H groups in total. The molecule has 0 nitrogen and oxygen atoms in total. The van der Waals surface area contributed by atoms with Crippen LogP contribution in [0.4, 0.5) is 0 Å². The van der Waals surface area contributed by atoms with Crippen LogP contribution in [-0.2, 0) is 0 Å². The largest absolute Gasteiger partial charge is 0.0622 e. The Bertz CT molecular complexity index is 135. The number of hydrogen-bond acceptors (Lipinski definition) is 0. The molecule has 0 aromatic carbocycles. The summed E-state index contributed by atoms with van der Waals surface area (Å²) in [4.78, 5) is 0. The molecule has 0 spiro atoms. The third-order valence-corrected chi connectivity index (χ3v) is 3.26. The molecule has 3 aliphatic carbocycles. The van der Waals surface area contributed by atoms with Gasteiger partial charge in [0, 0.05) is 0 Å². The molecular weight excluding hydrogens is 108 g/mol. The summed E-state index contributed by atoms with van der Waals surface area (Å²) in [6.45, 7) is 7.11. The van der Waals surface area contributed by atoms with Crippen LogP contribution >= 0.6 is 0 Å². The smallest absolute Gasteiger partial charge is 0.00918 e. The zero-order chi connectivity index (χ0) is 6.65. The van der Waals surface area contributed by atoms with Crippen molar-refractivity contribution in [2.45, 2.75) is 27.2 Å². The highest BCUT2D eigenvalue weighted by atomic mass is 14.6. The number of hydrogen-bond donors (Lipinski definition) is 0. The van der Waals surface area contributed by atoms with Crippen LogP contribution in [0.1, 0.15) is 27.2 Å². The zero-order valence-corrected chi connectivity index (χ0v) is 6.44. The van der Waals surface area contributed by atoms with Crippen LogP contribution < -0.4 is 0 Å². The van der Waals surface area contributed by atoms with E-state index < -0.39 is 0 Å². The van der Waals surface area contributed by atoms with Crippen molar-refractivity contribution in [1.82, 2.24) is 0 Å². The van der Waals surface area contributed by atoms with E-state index in [1.54, 1.807) is 0 Å². The molecule has 3 saturated carbocycles. The summed E-state index contributed by atoms with van der Waals surface area (Å²) in [5, 5.41) is 0. The van der Waals surface area contributed by atoms with E-state index in [0.29, 0.717) is 5.41 Å². The molecule has 0 saturated heterocycles. The van der Waals surface area contributed by atoms with Gasteiger partial charge in [0.15, 0.2) is 0 Å². The second-order valence-corrected chi connectivity index (χ2v) is 4.23. The summed E-state index contributed by atoms with van der Waals surface area (Å²) < 4.78 is 0. The highest BCUT2D eigenvalue weighted by Crippen LogP contribution is 2.63. The Kier molecular flexibility index (Phi) is 0.868. The summed E-state index contributed by atoms with van der Waals surface area (Å²) in [5.74, 6) is 2.57. The molecule has 3 aliphatic rings. The van der Waals surface area contributed by atoms with Crippen LogP contribution in [0.25, 0.3) is 0 Å². The fourth-order valence-corrected chi connectivity index (χ4v) is 2.54. The Hall–Kier alpha value is 0. The van der Waals surface area contributed by atoms with Crippen LogP contribution in [0, 0.1) is 29.6 Å². The Morgan fingerprint density at radius 3 is 2.22 bits per heavy atom. The minimum atomic E-state index is 0.611. The van der Waals surface area contributed by atoms with Gasteiger partial charge >= 0.3 is 0 Å². The highest BCUT2D eigenvalue weighted by Gasteiger charge is 2.56. The first-order chi connectivity index (χ1) is 4.12. The summed E-state index contributed by atoms with van der Waals surface area (Å²) >= 11 is 0. The third-order valence-electron chi connectivity index (χ3n) is 3.26. The van der Waals surface area contributed by atoms with E-state index in [1.807, 2.05) is 0 Å². The Morgan fingerprint density at radius 2 is 2.11 bits per heavy atom. The SMILES string of the molecule is CC1CC2[C]C1C2(C)C. The summed E-state index contributed by atoms with van der Waals surface area (Å²) in [7, 11) is 0. The molecule has 3 unspecified atom stereocenters. The van der Waals surface area contributed by atoms with Gasteiger partial charge in [-0.25, -0.2) is 0 Å². The van der Waals surface area contributed by atoms with Crippen LogP contribution in [0.5, 0.6) is 0 Å². The van der Waals surface area contributed by atoms with Crippen molar-refractivity contribution in [1.29, 1.82) is 0 Å². The quantitative estimate of drug-likeness (QED) is 0.462.